The standard InChI is InChI=1S/C14H19N3O2/c1-9-6-16-12(7-15-9)14(18)17-4-3-11-5-10(2)19-13(11)8-17/h6-7,10-11,13H,3-5,8H2,1-2H3/t10-,11+,13-/m0/s1. The number of aromatic nitrogens is 2. The summed E-state index contributed by atoms with van der Waals surface area (Å²) in [6.07, 6.45) is 5.86. The fourth-order valence-corrected chi connectivity index (χ4v) is 3.02. The Bertz CT molecular complexity index is 474. The molecule has 0 N–H and O–H groups in total. The smallest absolute Gasteiger partial charge is 0.274 e. The maximum Gasteiger partial charge on any atom is 0.274 e. The average molecular weight is 261 g/mol. The molecular formula is C14H19N3O2. The van der Waals surface area contributed by atoms with Crippen molar-refractivity contribution in [3.63, 3.8) is 0 Å². The van der Waals surface area contributed by atoms with E-state index in [1.54, 1.807) is 12.4 Å². The summed E-state index contributed by atoms with van der Waals surface area (Å²) in [6, 6.07) is 0. The van der Waals surface area contributed by atoms with Gasteiger partial charge in [-0.2, -0.15) is 0 Å². The quantitative estimate of drug-likeness (QED) is 0.767. The zero-order chi connectivity index (χ0) is 13.4. The Balaban J connectivity index is 1.70. The van der Waals surface area contributed by atoms with E-state index in [1.165, 1.54) is 0 Å². The Morgan fingerprint density at radius 1 is 1.42 bits per heavy atom. The third-order valence-corrected chi connectivity index (χ3v) is 4.02. The van der Waals surface area contributed by atoms with Crippen molar-refractivity contribution in [2.45, 2.75) is 38.9 Å². The molecule has 2 saturated heterocycles. The zero-order valence-electron chi connectivity index (χ0n) is 11.4. The molecule has 19 heavy (non-hydrogen) atoms. The number of rotatable bonds is 1. The Hall–Kier alpha value is -1.49. The van der Waals surface area contributed by atoms with Crippen LogP contribution in [-0.2, 0) is 4.74 Å². The highest BCUT2D eigenvalue weighted by Crippen LogP contribution is 2.33. The molecule has 0 bridgehead atoms. The zero-order valence-corrected chi connectivity index (χ0v) is 11.4. The van der Waals surface area contributed by atoms with E-state index >= 15 is 0 Å². The minimum Gasteiger partial charge on any atom is -0.373 e. The topological polar surface area (TPSA) is 55.3 Å². The van der Waals surface area contributed by atoms with Crippen LogP contribution in [0.3, 0.4) is 0 Å². The molecule has 3 heterocycles. The molecule has 2 aliphatic heterocycles. The van der Waals surface area contributed by atoms with Crippen LogP contribution in [0.25, 0.3) is 0 Å². The monoisotopic (exact) mass is 261 g/mol. The van der Waals surface area contributed by atoms with Gasteiger partial charge in [0.05, 0.1) is 24.1 Å². The van der Waals surface area contributed by atoms with Gasteiger partial charge in [0.1, 0.15) is 5.69 Å². The normalized spacial score (nSPS) is 30.2. The van der Waals surface area contributed by atoms with Gasteiger partial charge >= 0.3 is 0 Å². The van der Waals surface area contributed by atoms with Crippen LogP contribution >= 0.6 is 0 Å². The van der Waals surface area contributed by atoms with Crippen LogP contribution in [-0.4, -0.2) is 46.1 Å². The first kappa shape index (κ1) is 12.5. The van der Waals surface area contributed by atoms with Crippen LogP contribution in [0.4, 0.5) is 0 Å². The van der Waals surface area contributed by atoms with Gasteiger partial charge in [-0.25, -0.2) is 4.98 Å². The number of ether oxygens (including phenoxy) is 1. The van der Waals surface area contributed by atoms with Crippen molar-refractivity contribution in [1.82, 2.24) is 14.9 Å². The molecule has 0 aromatic carbocycles. The molecule has 1 aromatic heterocycles. The molecule has 0 unspecified atom stereocenters. The number of carbonyl (C=O) groups excluding carboxylic acids is 1. The van der Waals surface area contributed by atoms with Crippen molar-refractivity contribution in [1.29, 1.82) is 0 Å². The van der Waals surface area contributed by atoms with Gasteiger partial charge in [0.25, 0.3) is 5.91 Å². The summed E-state index contributed by atoms with van der Waals surface area (Å²) in [5, 5.41) is 0. The summed E-state index contributed by atoms with van der Waals surface area (Å²) < 4.78 is 5.87. The third kappa shape index (κ3) is 2.47. The molecule has 3 rings (SSSR count). The van der Waals surface area contributed by atoms with E-state index < -0.39 is 0 Å². The minimum atomic E-state index is -0.0332. The Morgan fingerprint density at radius 3 is 3.00 bits per heavy atom. The summed E-state index contributed by atoms with van der Waals surface area (Å²) in [5.41, 5.74) is 1.25. The fraction of sp³-hybridized carbons (Fsp3) is 0.643. The molecule has 0 radical (unpaired) electrons. The van der Waals surface area contributed by atoms with Crippen molar-refractivity contribution >= 4 is 5.91 Å². The predicted octanol–water partition coefficient (Wildman–Crippen LogP) is 1.42. The highest BCUT2D eigenvalue weighted by atomic mass is 16.5. The number of piperidine rings is 1. The van der Waals surface area contributed by atoms with Crippen molar-refractivity contribution in [2.75, 3.05) is 13.1 Å². The van der Waals surface area contributed by atoms with Crippen LogP contribution in [0.15, 0.2) is 12.4 Å². The molecule has 1 aromatic rings. The van der Waals surface area contributed by atoms with E-state index in [2.05, 4.69) is 16.9 Å². The number of hydrogen-bond acceptors (Lipinski definition) is 4. The number of carbonyl (C=O) groups is 1. The van der Waals surface area contributed by atoms with Gasteiger partial charge in [0.15, 0.2) is 0 Å². The van der Waals surface area contributed by atoms with Crippen molar-refractivity contribution < 1.29 is 9.53 Å². The number of fused-ring (bicyclic) bond motifs is 1. The lowest BCUT2D eigenvalue weighted by molar-refractivity contribution is 0.00136. The minimum absolute atomic E-state index is 0.0332. The number of aryl methyl sites for hydroxylation is 1. The van der Waals surface area contributed by atoms with Gasteiger partial charge in [-0.15, -0.1) is 0 Å². The molecule has 3 atom stereocenters. The van der Waals surface area contributed by atoms with Crippen LogP contribution in [0.2, 0.25) is 0 Å². The van der Waals surface area contributed by atoms with E-state index in [0.717, 1.165) is 25.1 Å². The maximum atomic E-state index is 12.3. The first-order chi connectivity index (χ1) is 9.13. The molecule has 102 valence electrons. The van der Waals surface area contributed by atoms with Crippen LogP contribution < -0.4 is 0 Å². The van der Waals surface area contributed by atoms with Crippen LogP contribution in [0.5, 0.6) is 0 Å². The Kier molecular flexibility index (Phi) is 3.22. The number of nitrogens with zero attached hydrogens (tertiary/aromatic N) is 3. The molecule has 0 aliphatic carbocycles. The summed E-state index contributed by atoms with van der Waals surface area (Å²) >= 11 is 0. The fourth-order valence-electron chi connectivity index (χ4n) is 3.02. The maximum absolute atomic E-state index is 12.3. The molecule has 5 nitrogen and oxygen atoms in total. The van der Waals surface area contributed by atoms with Gasteiger partial charge in [-0.05, 0) is 32.6 Å². The molecular weight excluding hydrogens is 242 g/mol. The largest absolute Gasteiger partial charge is 0.373 e. The van der Waals surface area contributed by atoms with Crippen LogP contribution in [0.1, 0.15) is 35.9 Å². The van der Waals surface area contributed by atoms with Crippen LogP contribution in [0, 0.1) is 12.8 Å². The highest BCUT2D eigenvalue weighted by molar-refractivity contribution is 5.92. The van der Waals surface area contributed by atoms with E-state index in [-0.39, 0.29) is 12.0 Å². The summed E-state index contributed by atoms with van der Waals surface area (Å²) in [7, 11) is 0. The highest BCUT2D eigenvalue weighted by Gasteiger charge is 2.38. The van der Waals surface area contributed by atoms with E-state index in [0.29, 0.717) is 24.3 Å². The summed E-state index contributed by atoms with van der Waals surface area (Å²) in [6.45, 7) is 5.45. The summed E-state index contributed by atoms with van der Waals surface area (Å²) in [4.78, 5) is 22.5. The van der Waals surface area contributed by atoms with Gasteiger partial charge in [-0.1, -0.05) is 0 Å². The molecule has 5 heteroatoms. The van der Waals surface area contributed by atoms with E-state index in [1.807, 2.05) is 11.8 Å². The van der Waals surface area contributed by atoms with Gasteiger partial charge < -0.3 is 9.64 Å². The second-order valence-electron chi connectivity index (χ2n) is 5.56. The SMILES string of the molecule is Cc1cnc(C(=O)N2CC[C@@H]3C[C@H](C)O[C@H]3C2)cn1. The van der Waals surface area contributed by atoms with Gasteiger partial charge in [0, 0.05) is 19.3 Å². The molecule has 0 spiro atoms. The molecule has 2 fully saturated rings. The lowest BCUT2D eigenvalue weighted by Crippen LogP contribution is -2.45. The second-order valence-corrected chi connectivity index (χ2v) is 5.56. The second kappa shape index (κ2) is 4.89. The number of amides is 1. The average Bonchev–Trinajstić information content (AvgIpc) is 2.77. The lowest BCUT2D eigenvalue weighted by Gasteiger charge is -2.33. The number of likely N-dealkylation sites (tertiary alicyclic amines) is 1. The van der Waals surface area contributed by atoms with Gasteiger partial charge in [-0.3, -0.25) is 9.78 Å². The first-order valence-corrected chi connectivity index (χ1v) is 6.87. The first-order valence-electron chi connectivity index (χ1n) is 6.87. The van der Waals surface area contributed by atoms with E-state index in [9.17, 15) is 4.79 Å². The van der Waals surface area contributed by atoms with Crippen molar-refractivity contribution in [3.05, 3.63) is 23.8 Å². The van der Waals surface area contributed by atoms with Gasteiger partial charge in [0.2, 0.25) is 0 Å². The molecule has 1 amide bonds. The Labute approximate surface area is 113 Å². The third-order valence-electron chi connectivity index (χ3n) is 4.02. The van der Waals surface area contributed by atoms with Crippen molar-refractivity contribution in [3.8, 4) is 0 Å². The number of hydrogen-bond donors (Lipinski definition) is 0. The molecule has 2 aliphatic rings. The molecule has 0 saturated carbocycles. The Morgan fingerprint density at radius 2 is 2.26 bits per heavy atom. The van der Waals surface area contributed by atoms with Crippen molar-refractivity contribution in [2.24, 2.45) is 5.92 Å². The lowest BCUT2D eigenvalue weighted by atomic mass is 9.92. The van der Waals surface area contributed by atoms with E-state index in [4.69, 9.17) is 4.74 Å². The predicted molar refractivity (Wildman–Crippen MR) is 69.7 cm³/mol. The summed E-state index contributed by atoms with van der Waals surface area (Å²) in [5.74, 6) is 0.581.